The Morgan fingerprint density at radius 3 is 2.50 bits per heavy atom. The minimum Gasteiger partial charge on any atom is -0.398 e. The third kappa shape index (κ3) is 2.55. The predicted molar refractivity (Wildman–Crippen MR) is 81.2 cm³/mol. The second-order valence-corrected chi connectivity index (χ2v) is 7.48. The van der Waals surface area contributed by atoms with Crippen LogP contribution in [0, 0.1) is 13.8 Å². The molecule has 0 amide bonds. The first kappa shape index (κ1) is 15.3. The molecule has 0 spiro atoms. The van der Waals surface area contributed by atoms with Gasteiger partial charge in [-0.2, -0.15) is 4.31 Å². The Labute approximate surface area is 121 Å². The predicted octanol–water partition coefficient (Wildman–Crippen LogP) is 1.21. The maximum absolute atomic E-state index is 12.9. The van der Waals surface area contributed by atoms with E-state index in [1.54, 1.807) is 10.4 Å². The molecule has 1 atom stereocenters. The van der Waals surface area contributed by atoms with Crippen molar-refractivity contribution < 1.29 is 8.42 Å². The van der Waals surface area contributed by atoms with Crippen LogP contribution >= 0.6 is 0 Å². The molecule has 6 heteroatoms. The molecule has 1 saturated heterocycles. The zero-order valence-electron chi connectivity index (χ0n) is 12.5. The molecular formula is C14H23N3O2S. The molecule has 0 aliphatic carbocycles. The van der Waals surface area contributed by atoms with Gasteiger partial charge in [0.1, 0.15) is 4.90 Å². The first-order chi connectivity index (χ1) is 9.25. The van der Waals surface area contributed by atoms with Crippen molar-refractivity contribution >= 4 is 15.7 Å². The lowest BCUT2D eigenvalue weighted by atomic mass is 10.1. The van der Waals surface area contributed by atoms with Crippen molar-refractivity contribution in [3.8, 4) is 0 Å². The standard InChI is InChI=1S/C14H23N3O2S/c1-10-5-6-13(15)14(12(10)3)20(18,19)17-8-7-16(4)9-11(17)2/h5-6,11H,7-9,15H2,1-4H3. The fourth-order valence-corrected chi connectivity index (χ4v) is 4.76. The van der Waals surface area contributed by atoms with Gasteiger partial charge in [0.05, 0.1) is 5.69 Å². The van der Waals surface area contributed by atoms with E-state index in [0.29, 0.717) is 12.2 Å². The summed E-state index contributed by atoms with van der Waals surface area (Å²) in [5.74, 6) is 0. The topological polar surface area (TPSA) is 66.6 Å². The Morgan fingerprint density at radius 2 is 1.90 bits per heavy atom. The second kappa shape index (κ2) is 5.35. The van der Waals surface area contributed by atoms with Crippen LogP contribution in [0.25, 0.3) is 0 Å². The molecule has 2 rings (SSSR count). The number of anilines is 1. The molecule has 0 aromatic heterocycles. The van der Waals surface area contributed by atoms with Crippen LogP contribution in [-0.2, 0) is 10.0 Å². The summed E-state index contributed by atoms with van der Waals surface area (Å²) in [7, 11) is -1.53. The summed E-state index contributed by atoms with van der Waals surface area (Å²) in [5.41, 5.74) is 7.96. The molecular weight excluding hydrogens is 274 g/mol. The number of hydrogen-bond acceptors (Lipinski definition) is 4. The van der Waals surface area contributed by atoms with Crippen molar-refractivity contribution in [2.45, 2.75) is 31.7 Å². The third-order valence-corrected chi connectivity index (χ3v) is 6.26. The highest BCUT2D eigenvalue weighted by atomic mass is 32.2. The second-order valence-electron chi connectivity index (χ2n) is 5.65. The molecule has 1 aliphatic rings. The van der Waals surface area contributed by atoms with Crippen LogP contribution in [0.3, 0.4) is 0 Å². The minimum absolute atomic E-state index is 0.0435. The van der Waals surface area contributed by atoms with Crippen LogP contribution in [0.1, 0.15) is 18.1 Å². The number of sulfonamides is 1. The molecule has 1 aromatic carbocycles. The summed E-state index contributed by atoms with van der Waals surface area (Å²) in [6.07, 6.45) is 0. The van der Waals surface area contributed by atoms with E-state index in [0.717, 1.165) is 24.2 Å². The number of piperazine rings is 1. The van der Waals surface area contributed by atoms with E-state index in [1.165, 1.54) is 0 Å². The number of nitrogen functional groups attached to an aromatic ring is 1. The van der Waals surface area contributed by atoms with Crippen LogP contribution in [0.4, 0.5) is 5.69 Å². The van der Waals surface area contributed by atoms with Gasteiger partial charge in [0.2, 0.25) is 10.0 Å². The maximum Gasteiger partial charge on any atom is 0.245 e. The smallest absolute Gasteiger partial charge is 0.245 e. The largest absolute Gasteiger partial charge is 0.398 e. The van der Waals surface area contributed by atoms with Crippen molar-refractivity contribution in [1.29, 1.82) is 0 Å². The summed E-state index contributed by atoms with van der Waals surface area (Å²) in [5, 5.41) is 0. The van der Waals surface area contributed by atoms with Crippen LogP contribution in [-0.4, -0.2) is 50.3 Å². The summed E-state index contributed by atoms with van der Waals surface area (Å²) in [6.45, 7) is 7.65. The summed E-state index contributed by atoms with van der Waals surface area (Å²) in [4.78, 5) is 2.41. The molecule has 112 valence electrons. The van der Waals surface area contributed by atoms with Gasteiger partial charge in [0.25, 0.3) is 0 Å². The van der Waals surface area contributed by atoms with Gasteiger partial charge >= 0.3 is 0 Å². The molecule has 1 heterocycles. The molecule has 0 bridgehead atoms. The molecule has 2 N–H and O–H groups in total. The monoisotopic (exact) mass is 297 g/mol. The molecule has 20 heavy (non-hydrogen) atoms. The average Bonchev–Trinajstić information content (AvgIpc) is 2.33. The van der Waals surface area contributed by atoms with Crippen LogP contribution in [0.15, 0.2) is 17.0 Å². The van der Waals surface area contributed by atoms with Crippen LogP contribution < -0.4 is 5.73 Å². The number of benzene rings is 1. The first-order valence-electron chi connectivity index (χ1n) is 6.81. The lowest BCUT2D eigenvalue weighted by Gasteiger charge is -2.37. The van der Waals surface area contributed by atoms with E-state index < -0.39 is 10.0 Å². The van der Waals surface area contributed by atoms with Crippen molar-refractivity contribution in [3.63, 3.8) is 0 Å². The van der Waals surface area contributed by atoms with Gasteiger partial charge in [-0.1, -0.05) is 6.07 Å². The zero-order valence-corrected chi connectivity index (χ0v) is 13.4. The molecule has 1 fully saturated rings. The van der Waals surface area contributed by atoms with Gasteiger partial charge in [-0.15, -0.1) is 0 Å². The molecule has 1 aliphatic heterocycles. The summed E-state index contributed by atoms with van der Waals surface area (Å²) >= 11 is 0. The molecule has 1 unspecified atom stereocenters. The van der Waals surface area contributed by atoms with E-state index in [1.807, 2.05) is 33.9 Å². The van der Waals surface area contributed by atoms with Gasteiger partial charge in [-0.3, -0.25) is 0 Å². The number of nitrogens with zero attached hydrogens (tertiary/aromatic N) is 2. The fraction of sp³-hybridized carbons (Fsp3) is 0.571. The molecule has 0 radical (unpaired) electrons. The average molecular weight is 297 g/mol. The van der Waals surface area contributed by atoms with E-state index in [2.05, 4.69) is 4.90 Å². The minimum atomic E-state index is -3.54. The normalized spacial score (nSPS) is 22.1. The Morgan fingerprint density at radius 1 is 1.25 bits per heavy atom. The Bertz CT molecular complexity index is 613. The number of likely N-dealkylation sites (N-methyl/N-ethyl adjacent to an activating group) is 1. The van der Waals surface area contributed by atoms with Crippen molar-refractivity contribution in [1.82, 2.24) is 9.21 Å². The van der Waals surface area contributed by atoms with Gasteiger partial charge < -0.3 is 10.6 Å². The highest BCUT2D eigenvalue weighted by Gasteiger charge is 2.34. The lowest BCUT2D eigenvalue weighted by Crippen LogP contribution is -2.52. The van der Waals surface area contributed by atoms with E-state index in [4.69, 9.17) is 5.73 Å². The van der Waals surface area contributed by atoms with E-state index in [-0.39, 0.29) is 10.9 Å². The summed E-state index contributed by atoms with van der Waals surface area (Å²) < 4.78 is 27.4. The number of nitrogens with two attached hydrogens (primary N) is 1. The third-order valence-electron chi connectivity index (χ3n) is 4.04. The van der Waals surface area contributed by atoms with Crippen LogP contribution in [0.2, 0.25) is 0 Å². The van der Waals surface area contributed by atoms with Gasteiger partial charge in [-0.25, -0.2) is 8.42 Å². The number of rotatable bonds is 2. The fourth-order valence-electron chi connectivity index (χ4n) is 2.75. The quantitative estimate of drug-likeness (QED) is 0.833. The van der Waals surface area contributed by atoms with E-state index >= 15 is 0 Å². The Kier molecular flexibility index (Phi) is 4.09. The SMILES string of the molecule is Cc1ccc(N)c(S(=O)(=O)N2CCN(C)CC2C)c1C. The molecule has 1 aromatic rings. The van der Waals surface area contributed by atoms with Crippen molar-refractivity contribution in [3.05, 3.63) is 23.3 Å². The molecule has 5 nitrogen and oxygen atoms in total. The number of hydrogen-bond donors (Lipinski definition) is 1. The number of aryl methyl sites for hydroxylation is 1. The highest BCUT2D eigenvalue weighted by molar-refractivity contribution is 7.89. The van der Waals surface area contributed by atoms with Gasteiger partial charge in [-0.05, 0) is 45.0 Å². The van der Waals surface area contributed by atoms with Gasteiger partial charge in [0.15, 0.2) is 0 Å². The van der Waals surface area contributed by atoms with Gasteiger partial charge in [0, 0.05) is 25.7 Å². The van der Waals surface area contributed by atoms with Crippen LogP contribution in [0.5, 0.6) is 0 Å². The lowest BCUT2D eigenvalue weighted by molar-refractivity contribution is 0.170. The Balaban J connectivity index is 2.49. The first-order valence-corrected chi connectivity index (χ1v) is 8.25. The Hall–Kier alpha value is -1.11. The summed E-state index contributed by atoms with van der Waals surface area (Å²) in [6, 6.07) is 3.49. The highest BCUT2D eigenvalue weighted by Crippen LogP contribution is 2.30. The molecule has 0 saturated carbocycles. The van der Waals surface area contributed by atoms with E-state index in [9.17, 15) is 8.42 Å². The van der Waals surface area contributed by atoms with Crippen molar-refractivity contribution in [2.24, 2.45) is 0 Å². The van der Waals surface area contributed by atoms with Crippen molar-refractivity contribution in [2.75, 3.05) is 32.4 Å². The maximum atomic E-state index is 12.9. The zero-order chi connectivity index (χ0) is 15.1.